The number of hydrogen-bond acceptors (Lipinski definition) is 27. The SMILES string of the molecule is CC(=O)N[C@H]1[C@H](O[C@@H]([C@H](O)[C@@H](O)CO)[C@H](O)CO)O[C@H](CO)[C@@H](O[C@@H]2O[C@@H](C)[C@@H](O)[C@@H](O)[C@@H]2O)[C@@H]1O[C@@H]1O[C@H](CO)[C@H](O)[C@H](O[C@]2(C(=O)O)C[C@H](O)[C@@H](NC(C)=O)[C@H]([C@H](O)[C@H](O)CO)O2)[C@H]1O. The predicted molar refractivity (Wildman–Crippen MR) is 208 cm³/mol. The van der Waals surface area contributed by atoms with Crippen molar-refractivity contribution in [3.63, 3.8) is 0 Å². The molecule has 0 radical (unpaired) electrons. The fourth-order valence-electron chi connectivity index (χ4n) is 8.07. The van der Waals surface area contributed by atoms with Gasteiger partial charge in [0, 0.05) is 20.3 Å². The van der Waals surface area contributed by atoms with E-state index in [1.807, 2.05) is 0 Å². The molecule has 4 aliphatic rings. The van der Waals surface area contributed by atoms with Crippen molar-refractivity contribution < 1.29 is 139 Å². The number of carboxylic acids is 1. The summed E-state index contributed by atoms with van der Waals surface area (Å²) in [5.74, 6) is -7.10. The molecule has 2 amide bonds. The van der Waals surface area contributed by atoms with Crippen LogP contribution in [0.15, 0.2) is 0 Å². The van der Waals surface area contributed by atoms with E-state index >= 15 is 0 Å². The lowest BCUT2D eigenvalue weighted by atomic mass is 9.88. The number of aliphatic carboxylic acids is 1. The summed E-state index contributed by atoms with van der Waals surface area (Å²) in [6.07, 6.45) is -46.1. The molecule has 0 aromatic rings. The Kier molecular flexibility index (Phi) is 20.9. The largest absolute Gasteiger partial charge is 0.477 e. The zero-order valence-electron chi connectivity index (χ0n) is 36.2. The third-order valence-electron chi connectivity index (χ3n) is 11.7. The fourth-order valence-corrected chi connectivity index (χ4v) is 8.07. The van der Waals surface area contributed by atoms with Crippen molar-refractivity contribution >= 4 is 17.8 Å². The maximum Gasteiger partial charge on any atom is 0.364 e. The molecule has 390 valence electrons. The molecule has 0 spiro atoms. The molecule has 0 unspecified atom stereocenters. The average Bonchev–Trinajstić information content (AvgIpc) is 3.29. The van der Waals surface area contributed by atoms with Gasteiger partial charge in [0.15, 0.2) is 18.9 Å². The van der Waals surface area contributed by atoms with Gasteiger partial charge >= 0.3 is 5.97 Å². The van der Waals surface area contributed by atoms with E-state index in [1.54, 1.807) is 0 Å². The minimum absolute atomic E-state index is 0.830. The van der Waals surface area contributed by atoms with Crippen LogP contribution in [0.25, 0.3) is 0 Å². The molecule has 0 saturated carbocycles. The van der Waals surface area contributed by atoms with Gasteiger partial charge in [-0.25, -0.2) is 4.79 Å². The Labute approximate surface area is 380 Å². The Morgan fingerprint density at radius 1 is 0.642 bits per heavy atom. The van der Waals surface area contributed by atoms with Gasteiger partial charge in [0.05, 0.1) is 51.3 Å². The van der Waals surface area contributed by atoms with Gasteiger partial charge in [0.25, 0.3) is 5.79 Å². The van der Waals surface area contributed by atoms with Crippen LogP contribution in [-0.2, 0) is 52.3 Å². The highest BCUT2D eigenvalue weighted by molar-refractivity contribution is 5.76. The number of carbonyl (C=O) groups is 3. The monoisotopic (exact) mass is 984 g/mol. The van der Waals surface area contributed by atoms with Gasteiger partial charge in [-0.1, -0.05) is 0 Å². The summed E-state index contributed by atoms with van der Waals surface area (Å²) in [6, 6.07) is -3.60. The van der Waals surface area contributed by atoms with E-state index in [0.29, 0.717) is 0 Å². The third-order valence-corrected chi connectivity index (χ3v) is 11.7. The van der Waals surface area contributed by atoms with Crippen molar-refractivity contribution in [2.75, 3.05) is 33.0 Å². The number of aliphatic hydroxyl groups is 16. The van der Waals surface area contributed by atoms with Crippen LogP contribution in [0.5, 0.6) is 0 Å². The lowest BCUT2D eigenvalue weighted by molar-refractivity contribution is -0.393. The number of aliphatic hydroxyl groups excluding tert-OH is 16. The Hall–Kier alpha value is -2.55. The van der Waals surface area contributed by atoms with Gasteiger partial charge in [-0.15, -0.1) is 0 Å². The molecule has 25 atom stereocenters. The zero-order valence-corrected chi connectivity index (χ0v) is 36.2. The van der Waals surface area contributed by atoms with Crippen molar-refractivity contribution in [1.29, 1.82) is 0 Å². The summed E-state index contributed by atoms with van der Waals surface area (Å²) in [5.41, 5.74) is 0. The Morgan fingerprint density at radius 2 is 1.18 bits per heavy atom. The fraction of sp³-hybridized carbons (Fsp3) is 0.919. The van der Waals surface area contributed by atoms with Crippen LogP contribution in [0.4, 0.5) is 0 Å². The Balaban J connectivity index is 1.84. The molecule has 67 heavy (non-hydrogen) atoms. The summed E-state index contributed by atoms with van der Waals surface area (Å²) >= 11 is 0. The minimum atomic E-state index is -3.23. The highest BCUT2D eigenvalue weighted by atomic mass is 16.8. The van der Waals surface area contributed by atoms with Crippen molar-refractivity contribution in [2.24, 2.45) is 0 Å². The molecule has 0 aromatic carbocycles. The number of carboxylic acid groups (broad SMARTS) is 1. The van der Waals surface area contributed by atoms with Gasteiger partial charge < -0.3 is 135 Å². The van der Waals surface area contributed by atoms with E-state index in [0.717, 1.165) is 13.8 Å². The Morgan fingerprint density at radius 3 is 1.72 bits per heavy atom. The van der Waals surface area contributed by atoms with E-state index in [1.165, 1.54) is 6.92 Å². The molecular formula is C37H64N2O28. The molecule has 0 bridgehead atoms. The van der Waals surface area contributed by atoms with E-state index < -0.39 is 210 Å². The third kappa shape index (κ3) is 12.9. The number of hydrogen-bond donors (Lipinski definition) is 19. The molecule has 4 fully saturated rings. The molecule has 30 heteroatoms. The number of amides is 2. The van der Waals surface area contributed by atoms with Crippen LogP contribution in [0.1, 0.15) is 27.2 Å². The summed E-state index contributed by atoms with van der Waals surface area (Å²) in [7, 11) is 0. The molecule has 4 saturated heterocycles. The molecule has 4 rings (SSSR count). The molecule has 0 aromatic heterocycles. The van der Waals surface area contributed by atoms with Gasteiger partial charge in [-0.05, 0) is 6.92 Å². The van der Waals surface area contributed by atoms with Crippen LogP contribution in [-0.4, -0.2) is 290 Å². The summed E-state index contributed by atoms with van der Waals surface area (Å²) in [4.78, 5) is 38.0. The van der Waals surface area contributed by atoms with Gasteiger partial charge in [0.2, 0.25) is 11.8 Å². The maximum atomic E-state index is 13.1. The van der Waals surface area contributed by atoms with Gasteiger partial charge in [-0.2, -0.15) is 0 Å². The second kappa shape index (κ2) is 24.5. The second-order valence-corrected chi connectivity index (χ2v) is 16.6. The first-order valence-electron chi connectivity index (χ1n) is 21.0. The first-order valence-corrected chi connectivity index (χ1v) is 21.0. The van der Waals surface area contributed by atoms with Crippen LogP contribution in [0.3, 0.4) is 0 Å². The van der Waals surface area contributed by atoms with Crippen molar-refractivity contribution in [2.45, 2.75) is 180 Å². The molecule has 4 heterocycles. The number of rotatable bonds is 21. The highest BCUT2D eigenvalue weighted by Gasteiger charge is 2.61. The number of carbonyl (C=O) groups excluding carboxylic acids is 2. The molecule has 19 N–H and O–H groups in total. The summed E-state index contributed by atoms with van der Waals surface area (Å²) in [5, 5.41) is 184. The van der Waals surface area contributed by atoms with E-state index in [4.69, 9.17) is 37.9 Å². The van der Waals surface area contributed by atoms with Gasteiger partial charge in [-0.3, -0.25) is 9.59 Å². The van der Waals surface area contributed by atoms with Crippen molar-refractivity contribution in [3.05, 3.63) is 0 Å². The highest BCUT2D eigenvalue weighted by Crippen LogP contribution is 2.39. The number of ether oxygens (including phenoxy) is 8. The predicted octanol–water partition coefficient (Wildman–Crippen LogP) is -11.8. The lowest BCUT2D eigenvalue weighted by Crippen LogP contribution is -2.72. The summed E-state index contributed by atoms with van der Waals surface area (Å²) < 4.78 is 46.4. The van der Waals surface area contributed by atoms with Crippen LogP contribution in [0, 0.1) is 0 Å². The molecular weight excluding hydrogens is 920 g/mol. The lowest BCUT2D eigenvalue weighted by Gasteiger charge is -2.52. The van der Waals surface area contributed by atoms with E-state index in [2.05, 4.69) is 10.6 Å². The Bertz CT molecular complexity index is 1590. The minimum Gasteiger partial charge on any atom is -0.477 e. The second-order valence-electron chi connectivity index (χ2n) is 16.6. The van der Waals surface area contributed by atoms with Crippen molar-refractivity contribution in [1.82, 2.24) is 10.6 Å². The average molecular weight is 985 g/mol. The van der Waals surface area contributed by atoms with Crippen LogP contribution < -0.4 is 10.6 Å². The number of nitrogens with one attached hydrogen (secondary N) is 2. The quantitative estimate of drug-likeness (QED) is 0.0508. The van der Waals surface area contributed by atoms with E-state index in [9.17, 15) is 101 Å². The normalized spacial score (nSPS) is 42.1. The standard InChI is InChI=1S/C37H64N2O28/c1-10-21(51)25(55)26(56)34(60-10)64-29-18(9-44)62-33(63-28(16(50)7-42)22(52)14(48)5-40)20(39-12(3)46)31(29)65-35-27(57)32(24(54)17(8-43)61-35)67-37(36(58)59)4-13(47)19(38-11(2)45)30(66-37)23(53)15(49)6-41/h10,13-35,40-44,47-57H,4-9H2,1-3H3,(H,38,45)(H,39,46)(H,58,59)/t10-,13-,14-,15+,16+,17+,18+,19+,20+,21+,22+,23+,24-,25+,26-,27+,28+,29+,30+,31+,32-,33-,34-,35-,37-/m0/s1. The maximum absolute atomic E-state index is 13.1. The molecule has 4 aliphatic heterocycles. The first-order chi connectivity index (χ1) is 31.4. The molecule has 30 nitrogen and oxygen atoms in total. The van der Waals surface area contributed by atoms with Crippen molar-refractivity contribution in [3.8, 4) is 0 Å². The van der Waals surface area contributed by atoms with Crippen LogP contribution in [0.2, 0.25) is 0 Å². The first kappa shape index (κ1) is 57.0. The van der Waals surface area contributed by atoms with Gasteiger partial charge in [0.1, 0.15) is 110 Å². The topological polar surface area (TPSA) is 493 Å². The molecule has 0 aliphatic carbocycles. The smallest absolute Gasteiger partial charge is 0.364 e. The van der Waals surface area contributed by atoms with E-state index in [-0.39, 0.29) is 0 Å². The van der Waals surface area contributed by atoms with Crippen LogP contribution >= 0.6 is 0 Å². The zero-order chi connectivity index (χ0) is 50.4. The summed E-state index contributed by atoms with van der Waals surface area (Å²) in [6.45, 7) is -2.48.